The summed E-state index contributed by atoms with van der Waals surface area (Å²) in [5.74, 6) is -2.55. The molecule has 2 amide bonds. The highest BCUT2D eigenvalue weighted by Gasteiger charge is 2.51. The molecule has 0 aliphatic carbocycles. The molecule has 1 atom stereocenters. The SMILES string of the molecule is O=C(NCc1cc(F)cc(Cl)c1)C1(O)CCN(c2ccc(C(F)(F)F)cc2)C1=O. The number of hydrogen-bond donors (Lipinski definition) is 2. The molecule has 10 heteroatoms. The van der Waals surface area contributed by atoms with Gasteiger partial charge in [-0.1, -0.05) is 11.6 Å². The minimum absolute atomic E-state index is 0.0556. The van der Waals surface area contributed by atoms with Crippen molar-refractivity contribution in [1.29, 1.82) is 0 Å². The molecule has 1 fully saturated rings. The molecule has 0 bridgehead atoms. The minimum atomic E-state index is -4.52. The van der Waals surface area contributed by atoms with Crippen molar-refractivity contribution in [2.24, 2.45) is 0 Å². The summed E-state index contributed by atoms with van der Waals surface area (Å²) < 4.78 is 51.4. The molecule has 2 aromatic rings. The lowest BCUT2D eigenvalue weighted by Gasteiger charge is -2.22. The number of hydrogen-bond acceptors (Lipinski definition) is 3. The van der Waals surface area contributed by atoms with E-state index < -0.39 is 35.0 Å². The van der Waals surface area contributed by atoms with Crippen molar-refractivity contribution in [1.82, 2.24) is 5.32 Å². The fourth-order valence-corrected chi connectivity index (χ4v) is 3.28. The lowest BCUT2D eigenvalue weighted by Crippen LogP contribution is -2.52. The van der Waals surface area contributed by atoms with E-state index in [4.69, 9.17) is 11.6 Å². The number of carbonyl (C=O) groups is 2. The largest absolute Gasteiger partial charge is 0.416 e. The van der Waals surface area contributed by atoms with E-state index in [0.29, 0.717) is 5.56 Å². The molecule has 1 saturated heterocycles. The van der Waals surface area contributed by atoms with Crippen molar-refractivity contribution in [3.05, 3.63) is 64.4 Å². The maximum Gasteiger partial charge on any atom is 0.416 e. The summed E-state index contributed by atoms with van der Waals surface area (Å²) in [4.78, 5) is 26.0. The zero-order valence-corrected chi connectivity index (χ0v) is 15.5. The summed E-state index contributed by atoms with van der Waals surface area (Å²) in [6.07, 6.45) is -4.77. The smallest absolute Gasteiger partial charge is 0.372 e. The van der Waals surface area contributed by atoms with Gasteiger partial charge in [0.2, 0.25) is 5.60 Å². The molecule has 0 spiro atoms. The number of carbonyl (C=O) groups excluding carboxylic acids is 2. The highest BCUT2D eigenvalue weighted by molar-refractivity contribution is 6.30. The van der Waals surface area contributed by atoms with E-state index in [1.54, 1.807) is 0 Å². The zero-order chi connectivity index (χ0) is 21.4. The van der Waals surface area contributed by atoms with Crippen LogP contribution in [0.15, 0.2) is 42.5 Å². The molecule has 1 heterocycles. The number of nitrogens with zero attached hydrogens (tertiary/aromatic N) is 1. The summed E-state index contributed by atoms with van der Waals surface area (Å²) in [6.45, 7) is -0.230. The van der Waals surface area contributed by atoms with Crippen LogP contribution >= 0.6 is 11.6 Å². The van der Waals surface area contributed by atoms with Crippen LogP contribution in [-0.2, 0) is 22.3 Å². The number of anilines is 1. The van der Waals surface area contributed by atoms with Gasteiger partial charge in [0.05, 0.1) is 5.56 Å². The monoisotopic (exact) mass is 430 g/mol. The first-order valence-electron chi connectivity index (χ1n) is 8.45. The molecule has 1 aliphatic heterocycles. The summed E-state index contributed by atoms with van der Waals surface area (Å²) in [7, 11) is 0. The second-order valence-electron chi connectivity index (χ2n) is 6.57. The number of benzene rings is 2. The molecule has 0 radical (unpaired) electrons. The normalized spacial score (nSPS) is 19.5. The molecule has 154 valence electrons. The highest BCUT2D eigenvalue weighted by Crippen LogP contribution is 2.33. The lowest BCUT2D eigenvalue weighted by atomic mass is 10.0. The van der Waals surface area contributed by atoms with E-state index in [-0.39, 0.29) is 30.2 Å². The molecule has 5 nitrogen and oxygen atoms in total. The van der Waals surface area contributed by atoms with Gasteiger partial charge >= 0.3 is 6.18 Å². The fraction of sp³-hybridized carbons (Fsp3) is 0.263. The van der Waals surface area contributed by atoms with E-state index in [2.05, 4.69) is 5.32 Å². The average Bonchev–Trinajstić information content (AvgIpc) is 2.94. The Labute approximate surface area is 167 Å². The maximum absolute atomic E-state index is 13.4. The van der Waals surface area contributed by atoms with Crippen LogP contribution in [0.4, 0.5) is 23.2 Å². The molecule has 0 saturated carbocycles. The maximum atomic E-state index is 13.4. The van der Waals surface area contributed by atoms with Crippen LogP contribution in [0.25, 0.3) is 0 Å². The first kappa shape index (κ1) is 21.1. The molecule has 29 heavy (non-hydrogen) atoms. The van der Waals surface area contributed by atoms with Crippen molar-refractivity contribution >= 4 is 29.1 Å². The topological polar surface area (TPSA) is 69.6 Å². The van der Waals surface area contributed by atoms with Crippen molar-refractivity contribution in [3.8, 4) is 0 Å². The number of halogens is 5. The Balaban J connectivity index is 1.70. The fourth-order valence-electron chi connectivity index (χ4n) is 3.03. The van der Waals surface area contributed by atoms with Gasteiger partial charge in [-0.05, 0) is 48.0 Å². The second kappa shape index (κ2) is 7.64. The van der Waals surface area contributed by atoms with Gasteiger partial charge in [0.15, 0.2) is 0 Å². The predicted octanol–water partition coefficient (Wildman–Crippen LogP) is 3.28. The molecule has 2 aromatic carbocycles. The van der Waals surface area contributed by atoms with Crippen molar-refractivity contribution < 1.29 is 32.3 Å². The average molecular weight is 431 g/mol. The number of amides is 2. The van der Waals surface area contributed by atoms with E-state index in [9.17, 15) is 32.3 Å². The molecule has 0 aromatic heterocycles. The molecular weight excluding hydrogens is 416 g/mol. The molecule has 1 unspecified atom stereocenters. The van der Waals surface area contributed by atoms with Crippen LogP contribution in [-0.4, -0.2) is 29.1 Å². The third-order valence-electron chi connectivity index (χ3n) is 4.55. The Hall–Kier alpha value is -2.65. The summed E-state index contributed by atoms with van der Waals surface area (Å²) in [5, 5.41) is 13.0. The summed E-state index contributed by atoms with van der Waals surface area (Å²) in [5.41, 5.74) is -2.80. The van der Waals surface area contributed by atoms with E-state index in [1.165, 1.54) is 6.07 Å². The minimum Gasteiger partial charge on any atom is -0.372 e. The Morgan fingerprint density at radius 3 is 2.45 bits per heavy atom. The number of nitrogens with one attached hydrogen (secondary N) is 1. The molecule has 1 aliphatic rings. The van der Waals surface area contributed by atoms with Gasteiger partial charge in [0.25, 0.3) is 11.8 Å². The van der Waals surface area contributed by atoms with Gasteiger partial charge < -0.3 is 15.3 Å². The van der Waals surface area contributed by atoms with Gasteiger partial charge in [-0.3, -0.25) is 9.59 Å². The standard InChI is InChI=1S/C19H15ClF4N2O3/c20-13-7-11(8-14(21)9-13)10-25-16(27)18(29)5-6-26(17(18)28)15-3-1-12(2-4-15)19(22,23)24/h1-4,7-9,29H,5-6,10H2,(H,25,27). The van der Waals surface area contributed by atoms with Gasteiger partial charge in [-0.25, -0.2) is 4.39 Å². The second-order valence-corrected chi connectivity index (χ2v) is 7.01. The van der Waals surface area contributed by atoms with Gasteiger partial charge in [-0.2, -0.15) is 13.2 Å². The van der Waals surface area contributed by atoms with Crippen LogP contribution in [0.1, 0.15) is 17.5 Å². The third-order valence-corrected chi connectivity index (χ3v) is 4.77. The first-order valence-corrected chi connectivity index (χ1v) is 8.83. The van der Waals surface area contributed by atoms with Crippen LogP contribution < -0.4 is 10.2 Å². The predicted molar refractivity (Wildman–Crippen MR) is 96.6 cm³/mol. The Morgan fingerprint density at radius 1 is 1.21 bits per heavy atom. The Bertz CT molecular complexity index is 929. The summed E-state index contributed by atoms with van der Waals surface area (Å²) >= 11 is 5.74. The van der Waals surface area contributed by atoms with Crippen molar-refractivity contribution in [3.63, 3.8) is 0 Å². The Morgan fingerprint density at radius 2 is 1.86 bits per heavy atom. The molecule has 2 N–H and O–H groups in total. The number of alkyl halides is 3. The van der Waals surface area contributed by atoms with Crippen molar-refractivity contribution in [2.75, 3.05) is 11.4 Å². The van der Waals surface area contributed by atoms with Crippen LogP contribution in [0.5, 0.6) is 0 Å². The van der Waals surface area contributed by atoms with Crippen molar-refractivity contribution in [2.45, 2.75) is 24.7 Å². The quantitative estimate of drug-likeness (QED) is 0.578. The third kappa shape index (κ3) is 4.35. The zero-order valence-electron chi connectivity index (χ0n) is 14.8. The van der Waals surface area contributed by atoms with Crippen LogP contribution in [0.3, 0.4) is 0 Å². The number of rotatable bonds is 4. The summed E-state index contributed by atoms with van der Waals surface area (Å²) in [6, 6.07) is 7.46. The highest BCUT2D eigenvalue weighted by atomic mass is 35.5. The van der Waals surface area contributed by atoms with Gasteiger partial charge in [-0.15, -0.1) is 0 Å². The molecule has 3 rings (SSSR count). The van der Waals surface area contributed by atoms with Crippen LogP contribution in [0, 0.1) is 5.82 Å². The first-order chi connectivity index (χ1) is 13.5. The van der Waals surface area contributed by atoms with Crippen LogP contribution in [0.2, 0.25) is 5.02 Å². The van der Waals surface area contributed by atoms with E-state index >= 15 is 0 Å². The van der Waals surface area contributed by atoms with E-state index in [0.717, 1.165) is 41.3 Å². The number of aliphatic hydroxyl groups is 1. The molecular formula is C19H15ClF4N2O3. The van der Waals surface area contributed by atoms with E-state index in [1.807, 2.05) is 0 Å². The lowest BCUT2D eigenvalue weighted by molar-refractivity contribution is -0.149. The van der Waals surface area contributed by atoms with Gasteiger partial charge in [0, 0.05) is 30.2 Å². The Kier molecular flexibility index (Phi) is 5.55. The van der Waals surface area contributed by atoms with Gasteiger partial charge in [0.1, 0.15) is 5.82 Å².